The molecule has 0 fully saturated rings. The number of nitrogens with two attached hydrogens (primary N) is 1. The van der Waals surface area contributed by atoms with Crippen LogP contribution in [0.15, 0.2) is 6.20 Å². The van der Waals surface area contributed by atoms with Crippen LogP contribution in [0.25, 0.3) is 0 Å². The van der Waals surface area contributed by atoms with Gasteiger partial charge >= 0.3 is 0 Å². The molecule has 2 rings (SSSR count). The van der Waals surface area contributed by atoms with Crippen molar-refractivity contribution in [2.45, 2.75) is 32.2 Å². The Bertz CT molecular complexity index is 286. The Hall–Kier alpha value is -0.250. The predicted molar refractivity (Wildman–Crippen MR) is 62.5 cm³/mol. The van der Waals surface area contributed by atoms with E-state index in [4.69, 9.17) is 5.73 Å². The molecule has 14 heavy (non-hydrogen) atoms. The molecule has 0 aliphatic carbocycles. The predicted octanol–water partition coefficient (Wildman–Crippen LogP) is 1.87. The van der Waals surface area contributed by atoms with Gasteiger partial charge in [-0.2, -0.15) is 0 Å². The maximum absolute atomic E-state index is 5.67. The number of hydrogen-bond donors (Lipinski definition) is 1. The van der Waals surface area contributed by atoms with Gasteiger partial charge in [0, 0.05) is 25.2 Å². The molecule has 1 aliphatic heterocycles. The van der Waals surface area contributed by atoms with E-state index in [1.165, 1.54) is 18.7 Å². The summed E-state index contributed by atoms with van der Waals surface area (Å²) in [7, 11) is 0. The van der Waals surface area contributed by atoms with E-state index in [9.17, 15) is 0 Å². The largest absolute Gasteiger partial charge is 0.334 e. The molecule has 0 bridgehead atoms. The fourth-order valence-electron chi connectivity index (χ4n) is 1.93. The van der Waals surface area contributed by atoms with E-state index in [1.54, 1.807) is 0 Å². The standard InChI is InChI=1S/C9H15N3.2ClH/c1-7-6-12-4-2-3-8(5-10)9(12)11-7;;/h6,8H,2-5,10H2,1H3;2*1H. The van der Waals surface area contributed by atoms with E-state index in [1.807, 2.05) is 6.92 Å². The highest BCUT2D eigenvalue weighted by Gasteiger charge is 2.20. The molecule has 2 heterocycles. The van der Waals surface area contributed by atoms with Crippen LogP contribution in [0.5, 0.6) is 0 Å². The number of halogens is 2. The zero-order valence-electron chi connectivity index (χ0n) is 8.27. The second-order valence-corrected chi connectivity index (χ2v) is 3.51. The lowest BCUT2D eigenvalue weighted by Gasteiger charge is -2.21. The van der Waals surface area contributed by atoms with Gasteiger partial charge in [0.25, 0.3) is 0 Å². The highest BCUT2D eigenvalue weighted by molar-refractivity contribution is 5.85. The minimum Gasteiger partial charge on any atom is -0.334 e. The third-order valence-corrected chi connectivity index (χ3v) is 2.53. The number of imidazole rings is 1. The normalized spacial score (nSPS) is 19.1. The monoisotopic (exact) mass is 237 g/mol. The van der Waals surface area contributed by atoms with Crippen LogP contribution in [0.4, 0.5) is 0 Å². The zero-order chi connectivity index (χ0) is 8.55. The van der Waals surface area contributed by atoms with Crippen molar-refractivity contribution in [2.75, 3.05) is 6.54 Å². The Morgan fingerprint density at radius 2 is 2.29 bits per heavy atom. The Morgan fingerprint density at radius 3 is 2.93 bits per heavy atom. The summed E-state index contributed by atoms with van der Waals surface area (Å²) < 4.78 is 2.25. The van der Waals surface area contributed by atoms with Gasteiger partial charge in [-0.1, -0.05) is 0 Å². The minimum atomic E-state index is 0. The average molecular weight is 238 g/mol. The molecule has 1 aromatic heterocycles. The van der Waals surface area contributed by atoms with Gasteiger partial charge in [-0.05, 0) is 19.8 Å². The van der Waals surface area contributed by atoms with E-state index in [0.717, 1.165) is 18.8 Å². The quantitative estimate of drug-likeness (QED) is 0.811. The van der Waals surface area contributed by atoms with Crippen LogP contribution < -0.4 is 5.73 Å². The summed E-state index contributed by atoms with van der Waals surface area (Å²) in [5.41, 5.74) is 6.79. The molecule has 1 aliphatic rings. The lowest BCUT2D eigenvalue weighted by atomic mass is 9.99. The number of rotatable bonds is 1. The van der Waals surface area contributed by atoms with Crippen LogP contribution in [-0.2, 0) is 6.54 Å². The van der Waals surface area contributed by atoms with Gasteiger partial charge in [-0.25, -0.2) is 4.98 Å². The van der Waals surface area contributed by atoms with Crippen LogP contribution in [0.2, 0.25) is 0 Å². The molecule has 0 saturated carbocycles. The third kappa shape index (κ3) is 2.41. The van der Waals surface area contributed by atoms with Crippen LogP contribution in [0.3, 0.4) is 0 Å². The number of aromatic nitrogens is 2. The van der Waals surface area contributed by atoms with Crippen LogP contribution in [0, 0.1) is 6.92 Å². The van der Waals surface area contributed by atoms with Crippen molar-refractivity contribution in [3.8, 4) is 0 Å². The molecule has 1 atom stereocenters. The summed E-state index contributed by atoms with van der Waals surface area (Å²) in [5, 5.41) is 0. The van der Waals surface area contributed by atoms with Crippen molar-refractivity contribution in [3.05, 3.63) is 17.7 Å². The molecule has 1 aromatic rings. The number of hydrogen-bond acceptors (Lipinski definition) is 2. The van der Waals surface area contributed by atoms with Crippen molar-refractivity contribution >= 4 is 24.8 Å². The molecule has 0 radical (unpaired) electrons. The maximum atomic E-state index is 5.67. The van der Waals surface area contributed by atoms with Gasteiger partial charge in [0.05, 0.1) is 5.69 Å². The molecule has 0 spiro atoms. The van der Waals surface area contributed by atoms with Gasteiger partial charge in [0.1, 0.15) is 5.82 Å². The first-order chi connectivity index (χ1) is 5.81. The Labute approximate surface area is 96.9 Å². The fraction of sp³-hybridized carbons (Fsp3) is 0.667. The molecule has 0 saturated heterocycles. The van der Waals surface area contributed by atoms with Crippen molar-refractivity contribution in [1.82, 2.24) is 9.55 Å². The van der Waals surface area contributed by atoms with Gasteiger partial charge in [-0.15, -0.1) is 24.8 Å². The third-order valence-electron chi connectivity index (χ3n) is 2.53. The first-order valence-corrected chi connectivity index (χ1v) is 4.55. The fourth-order valence-corrected chi connectivity index (χ4v) is 1.93. The second kappa shape index (κ2) is 5.59. The van der Waals surface area contributed by atoms with Gasteiger partial charge in [-0.3, -0.25) is 0 Å². The van der Waals surface area contributed by atoms with E-state index in [2.05, 4.69) is 15.7 Å². The molecule has 82 valence electrons. The SMILES string of the molecule is Cc1cn2c(n1)C(CN)CCC2.Cl.Cl. The van der Waals surface area contributed by atoms with Crippen LogP contribution >= 0.6 is 24.8 Å². The Kier molecular flexibility index (Phi) is 5.49. The summed E-state index contributed by atoms with van der Waals surface area (Å²) in [4.78, 5) is 4.49. The van der Waals surface area contributed by atoms with Crippen molar-refractivity contribution in [3.63, 3.8) is 0 Å². The summed E-state index contributed by atoms with van der Waals surface area (Å²) in [6, 6.07) is 0. The summed E-state index contributed by atoms with van der Waals surface area (Å²) in [6.07, 6.45) is 4.56. The van der Waals surface area contributed by atoms with Crippen molar-refractivity contribution < 1.29 is 0 Å². The van der Waals surface area contributed by atoms with Gasteiger partial charge in [0.15, 0.2) is 0 Å². The molecule has 0 aromatic carbocycles. The number of aryl methyl sites for hydroxylation is 2. The molecule has 3 nitrogen and oxygen atoms in total. The number of nitrogens with zero attached hydrogens (tertiary/aromatic N) is 2. The smallest absolute Gasteiger partial charge is 0.113 e. The second-order valence-electron chi connectivity index (χ2n) is 3.51. The molecule has 5 heteroatoms. The summed E-state index contributed by atoms with van der Waals surface area (Å²) >= 11 is 0. The molecular weight excluding hydrogens is 221 g/mol. The van der Waals surface area contributed by atoms with Crippen LogP contribution in [0.1, 0.15) is 30.3 Å². The van der Waals surface area contributed by atoms with Crippen molar-refractivity contribution in [1.29, 1.82) is 0 Å². The summed E-state index contributed by atoms with van der Waals surface area (Å²) in [6.45, 7) is 3.89. The highest BCUT2D eigenvalue weighted by atomic mass is 35.5. The van der Waals surface area contributed by atoms with E-state index < -0.39 is 0 Å². The minimum absolute atomic E-state index is 0. The van der Waals surface area contributed by atoms with Crippen molar-refractivity contribution in [2.24, 2.45) is 5.73 Å². The molecule has 1 unspecified atom stereocenters. The Morgan fingerprint density at radius 1 is 1.57 bits per heavy atom. The average Bonchev–Trinajstić information content (AvgIpc) is 2.44. The topological polar surface area (TPSA) is 43.8 Å². The lowest BCUT2D eigenvalue weighted by molar-refractivity contribution is 0.448. The molecular formula is C9H17Cl2N3. The maximum Gasteiger partial charge on any atom is 0.113 e. The van der Waals surface area contributed by atoms with Gasteiger partial charge in [0.2, 0.25) is 0 Å². The first-order valence-electron chi connectivity index (χ1n) is 4.55. The lowest BCUT2D eigenvalue weighted by Crippen LogP contribution is -2.21. The summed E-state index contributed by atoms with van der Waals surface area (Å²) in [5.74, 6) is 1.69. The molecule has 2 N–H and O–H groups in total. The van der Waals surface area contributed by atoms with E-state index in [-0.39, 0.29) is 24.8 Å². The number of fused-ring (bicyclic) bond motifs is 1. The van der Waals surface area contributed by atoms with E-state index >= 15 is 0 Å². The van der Waals surface area contributed by atoms with Gasteiger partial charge < -0.3 is 10.3 Å². The highest BCUT2D eigenvalue weighted by Crippen LogP contribution is 2.25. The zero-order valence-corrected chi connectivity index (χ0v) is 9.90. The van der Waals surface area contributed by atoms with E-state index in [0.29, 0.717) is 5.92 Å². The Balaban J connectivity index is 0.000000845. The van der Waals surface area contributed by atoms with Crippen LogP contribution in [-0.4, -0.2) is 16.1 Å². The first kappa shape index (κ1) is 13.8. The molecule has 0 amide bonds.